The average Bonchev–Trinajstić information content (AvgIpc) is 2.20. The second-order valence-electron chi connectivity index (χ2n) is 5.70. The number of rotatable bonds is 4. The van der Waals surface area contributed by atoms with Gasteiger partial charge in [0.05, 0.1) is 6.04 Å². The number of hydrogen-bond acceptors (Lipinski definition) is 2. The number of carbonyl (C=O) groups is 1. The quantitative estimate of drug-likeness (QED) is 0.771. The van der Waals surface area contributed by atoms with Crippen molar-refractivity contribution in [3.05, 3.63) is 0 Å². The van der Waals surface area contributed by atoms with Gasteiger partial charge in [-0.25, -0.2) is 0 Å². The van der Waals surface area contributed by atoms with Gasteiger partial charge in [0.1, 0.15) is 0 Å². The average molecular weight is 226 g/mol. The third-order valence-electron chi connectivity index (χ3n) is 3.42. The SMILES string of the molecule is CC(C)CC(N)C(=O)NC1CCC(C)CC1. The Morgan fingerprint density at radius 1 is 1.31 bits per heavy atom. The van der Waals surface area contributed by atoms with E-state index in [-0.39, 0.29) is 11.9 Å². The summed E-state index contributed by atoms with van der Waals surface area (Å²) < 4.78 is 0. The maximum Gasteiger partial charge on any atom is 0.237 e. The summed E-state index contributed by atoms with van der Waals surface area (Å²) in [6, 6.07) is 0.0289. The predicted octanol–water partition coefficient (Wildman–Crippen LogP) is 2.05. The summed E-state index contributed by atoms with van der Waals surface area (Å²) >= 11 is 0. The van der Waals surface area contributed by atoms with Crippen LogP contribution in [0.5, 0.6) is 0 Å². The van der Waals surface area contributed by atoms with Gasteiger partial charge in [-0.15, -0.1) is 0 Å². The molecular formula is C13H26N2O. The molecule has 0 spiro atoms. The third kappa shape index (κ3) is 4.52. The largest absolute Gasteiger partial charge is 0.352 e. The Morgan fingerprint density at radius 3 is 2.38 bits per heavy atom. The molecule has 94 valence electrons. The van der Waals surface area contributed by atoms with Crippen LogP contribution in [0.1, 0.15) is 52.9 Å². The van der Waals surface area contributed by atoms with Gasteiger partial charge in [-0.1, -0.05) is 20.8 Å². The van der Waals surface area contributed by atoms with Crippen molar-refractivity contribution in [2.24, 2.45) is 17.6 Å². The number of hydrogen-bond donors (Lipinski definition) is 2. The summed E-state index contributed by atoms with van der Waals surface area (Å²) in [5.41, 5.74) is 5.85. The van der Waals surface area contributed by atoms with Crippen molar-refractivity contribution in [3.63, 3.8) is 0 Å². The Hall–Kier alpha value is -0.570. The molecule has 1 unspecified atom stereocenters. The Morgan fingerprint density at radius 2 is 1.88 bits per heavy atom. The molecule has 1 aliphatic rings. The van der Waals surface area contributed by atoms with Gasteiger partial charge >= 0.3 is 0 Å². The van der Waals surface area contributed by atoms with Crippen molar-refractivity contribution in [2.45, 2.75) is 65.0 Å². The van der Waals surface area contributed by atoms with E-state index in [9.17, 15) is 4.79 Å². The molecule has 1 saturated carbocycles. The predicted molar refractivity (Wildman–Crippen MR) is 67.0 cm³/mol. The van der Waals surface area contributed by atoms with E-state index in [1.54, 1.807) is 0 Å². The van der Waals surface area contributed by atoms with Crippen LogP contribution in [0.4, 0.5) is 0 Å². The van der Waals surface area contributed by atoms with Crippen LogP contribution < -0.4 is 11.1 Å². The monoisotopic (exact) mass is 226 g/mol. The minimum atomic E-state index is -0.334. The maximum absolute atomic E-state index is 11.8. The van der Waals surface area contributed by atoms with Crippen LogP contribution in [0, 0.1) is 11.8 Å². The van der Waals surface area contributed by atoms with Gasteiger partial charge in [0.2, 0.25) is 5.91 Å². The fourth-order valence-corrected chi connectivity index (χ4v) is 2.33. The first-order valence-corrected chi connectivity index (χ1v) is 6.55. The lowest BCUT2D eigenvalue weighted by molar-refractivity contribution is -0.123. The van der Waals surface area contributed by atoms with E-state index in [1.807, 2.05) is 0 Å². The fraction of sp³-hybridized carbons (Fsp3) is 0.923. The topological polar surface area (TPSA) is 55.1 Å². The molecule has 0 aromatic rings. The first kappa shape index (κ1) is 13.5. The van der Waals surface area contributed by atoms with Crippen molar-refractivity contribution in [1.82, 2.24) is 5.32 Å². The second kappa shape index (κ2) is 6.24. The molecule has 3 nitrogen and oxygen atoms in total. The third-order valence-corrected chi connectivity index (χ3v) is 3.42. The van der Waals surface area contributed by atoms with E-state index in [0.29, 0.717) is 12.0 Å². The van der Waals surface area contributed by atoms with Gasteiger partial charge in [-0.05, 0) is 43.9 Å². The first-order valence-electron chi connectivity index (χ1n) is 6.55. The lowest BCUT2D eigenvalue weighted by Crippen LogP contribution is -2.46. The Balaban J connectivity index is 2.28. The van der Waals surface area contributed by atoms with Gasteiger partial charge in [0.25, 0.3) is 0 Å². The number of nitrogens with one attached hydrogen (secondary N) is 1. The van der Waals surface area contributed by atoms with Crippen LogP contribution in [-0.2, 0) is 4.79 Å². The number of carbonyl (C=O) groups excluding carboxylic acids is 1. The lowest BCUT2D eigenvalue weighted by atomic mass is 9.87. The molecule has 16 heavy (non-hydrogen) atoms. The first-order chi connectivity index (χ1) is 7.49. The molecule has 0 aliphatic heterocycles. The summed E-state index contributed by atoms with van der Waals surface area (Å²) in [5.74, 6) is 1.33. The highest BCUT2D eigenvalue weighted by atomic mass is 16.2. The molecule has 3 N–H and O–H groups in total. The smallest absolute Gasteiger partial charge is 0.237 e. The zero-order valence-electron chi connectivity index (χ0n) is 10.8. The van der Waals surface area contributed by atoms with Crippen molar-refractivity contribution >= 4 is 5.91 Å². The highest BCUT2D eigenvalue weighted by Gasteiger charge is 2.22. The zero-order chi connectivity index (χ0) is 12.1. The standard InChI is InChI=1S/C13H26N2O/c1-9(2)8-12(14)13(16)15-11-6-4-10(3)5-7-11/h9-12H,4-8,14H2,1-3H3,(H,15,16). The van der Waals surface area contributed by atoms with Crippen molar-refractivity contribution in [3.8, 4) is 0 Å². The number of nitrogens with two attached hydrogens (primary N) is 1. The van der Waals surface area contributed by atoms with Gasteiger partial charge in [-0.2, -0.15) is 0 Å². The van der Waals surface area contributed by atoms with Gasteiger partial charge in [0.15, 0.2) is 0 Å². The van der Waals surface area contributed by atoms with Crippen molar-refractivity contribution in [1.29, 1.82) is 0 Å². The van der Waals surface area contributed by atoms with E-state index in [2.05, 4.69) is 26.1 Å². The molecule has 1 amide bonds. The summed E-state index contributed by atoms with van der Waals surface area (Å²) in [7, 11) is 0. The Bertz CT molecular complexity index is 220. The highest BCUT2D eigenvalue weighted by molar-refractivity contribution is 5.81. The fourth-order valence-electron chi connectivity index (χ4n) is 2.33. The van der Waals surface area contributed by atoms with Crippen LogP contribution in [-0.4, -0.2) is 18.0 Å². The molecule has 0 heterocycles. The van der Waals surface area contributed by atoms with Gasteiger partial charge in [-0.3, -0.25) is 4.79 Å². The van der Waals surface area contributed by atoms with E-state index in [4.69, 9.17) is 5.73 Å². The maximum atomic E-state index is 11.8. The Kier molecular flexibility index (Phi) is 5.26. The second-order valence-corrected chi connectivity index (χ2v) is 5.70. The van der Waals surface area contributed by atoms with Crippen molar-refractivity contribution in [2.75, 3.05) is 0 Å². The minimum Gasteiger partial charge on any atom is -0.352 e. The molecule has 0 aromatic carbocycles. The molecule has 0 aromatic heterocycles. The molecule has 0 radical (unpaired) electrons. The van der Waals surface area contributed by atoms with Gasteiger partial charge < -0.3 is 11.1 Å². The molecule has 0 bridgehead atoms. The van der Waals surface area contributed by atoms with Crippen LogP contribution >= 0.6 is 0 Å². The molecule has 0 saturated heterocycles. The molecular weight excluding hydrogens is 200 g/mol. The molecule has 3 heteroatoms. The van der Waals surface area contributed by atoms with Crippen LogP contribution in [0.3, 0.4) is 0 Å². The van der Waals surface area contributed by atoms with E-state index in [0.717, 1.165) is 25.2 Å². The normalized spacial score (nSPS) is 27.8. The van der Waals surface area contributed by atoms with E-state index < -0.39 is 0 Å². The van der Waals surface area contributed by atoms with E-state index in [1.165, 1.54) is 12.8 Å². The van der Waals surface area contributed by atoms with Crippen LogP contribution in [0.25, 0.3) is 0 Å². The number of amides is 1. The molecule has 1 aliphatic carbocycles. The van der Waals surface area contributed by atoms with Gasteiger partial charge in [0, 0.05) is 6.04 Å². The summed E-state index contributed by atoms with van der Waals surface area (Å²) in [6.45, 7) is 6.47. The highest BCUT2D eigenvalue weighted by Crippen LogP contribution is 2.23. The summed E-state index contributed by atoms with van der Waals surface area (Å²) in [6.07, 6.45) is 5.45. The van der Waals surface area contributed by atoms with Crippen LogP contribution in [0.2, 0.25) is 0 Å². The summed E-state index contributed by atoms with van der Waals surface area (Å²) in [5, 5.41) is 3.08. The van der Waals surface area contributed by atoms with E-state index >= 15 is 0 Å². The van der Waals surface area contributed by atoms with Crippen LogP contribution in [0.15, 0.2) is 0 Å². The summed E-state index contributed by atoms with van der Waals surface area (Å²) in [4.78, 5) is 11.8. The lowest BCUT2D eigenvalue weighted by Gasteiger charge is -2.28. The zero-order valence-corrected chi connectivity index (χ0v) is 10.8. The Labute approximate surface area is 99.2 Å². The molecule has 1 fully saturated rings. The van der Waals surface area contributed by atoms with Crippen molar-refractivity contribution < 1.29 is 4.79 Å². The minimum absolute atomic E-state index is 0.0354. The molecule has 1 rings (SSSR count). The molecule has 1 atom stereocenters.